The molecule has 1 aliphatic heterocycles. The molecule has 1 aromatic rings. The van der Waals surface area contributed by atoms with E-state index in [4.69, 9.17) is 0 Å². The topological polar surface area (TPSA) is 50.2 Å². The fourth-order valence-corrected chi connectivity index (χ4v) is 2.54. The summed E-state index contributed by atoms with van der Waals surface area (Å²) in [6.45, 7) is 7.02. The van der Waals surface area contributed by atoms with Crippen molar-refractivity contribution in [1.82, 2.24) is 19.8 Å². The van der Waals surface area contributed by atoms with Crippen LogP contribution in [-0.2, 0) is 7.05 Å². The maximum absolute atomic E-state index is 12.4. The van der Waals surface area contributed by atoms with E-state index in [2.05, 4.69) is 24.1 Å². The molecule has 0 saturated carbocycles. The highest BCUT2D eigenvalue weighted by molar-refractivity contribution is 5.92. The van der Waals surface area contributed by atoms with E-state index >= 15 is 0 Å². The van der Waals surface area contributed by atoms with E-state index in [1.807, 2.05) is 11.9 Å². The molecule has 1 aromatic heterocycles. The van der Waals surface area contributed by atoms with Gasteiger partial charge in [-0.05, 0) is 25.3 Å². The van der Waals surface area contributed by atoms with Crippen LogP contribution in [0.15, 0.2) is 12.5 Å². The Hall–Kier alpha value is -1.36. The van der Waals surface area contributed by atoms with Crippen molar-refractivity contribution in [1.29, 1.82) is 0 Å². The minimum Gasteiger partial charge on any atom is -0.337 e. The zero-order valence-electron chi connectivity index (χ0n) is 12.1. The van der Waals surface area contributed by atoms with Crippen LogP contribution < -0.4 is 5.32 Å². The molecule has 1 atom stereocenters. The Morgan fingerprint density at radius 2 is 2.37 bits per heavy atom. The maximum Gasteiger partial charge on any atom is 0.272 e. The molecule has 5 nitrogen and oxygen atoms in total. The number of imidazole rings is 1. The zero-order valence-corrected chi connectivity index (χ0v) is 12.1. The molecule has 2 rings (SSSR count). The number of aromatic nitrogens is 2. The fraction of sp³-hybridized carbons (Fsp3) is 0.714. The average molecular weight is 264 g/mol. The lowest BCUT2D eigenvalue weighted by molar-refractivity contribution is 0.0662. The molecular formula is C14H24N4O. The Kier molecular flexibility index (Phi) is 4.58. The Labute approximate surface area is 115 Å². The van der Waals surface area contributed by atoms with E-state index in [9.17, 15) is 4.79 Å². The quantitative estimate of drug-likeness (QED) is 0.891. The molecule has 0 spiro atoms. The van der Waals surface area contributed by atoms with Crippen LogP contribution in [0.25, 0.3) is 0 Å². The summed E-state index contributed by atoms with van der Waals surface area (Å²) in [5.74, 6) is 0.669. The number of rotatable bonds is 4. The van der Waals surface area contributed by atoms with E-state index in [-0.39, 0.29) is 5.91 Å². The number of amides is 1. The van der Waals surface area contributed by atoms with E-state index in [0.29, 0.717) is 17.7 Å². The van der Waals surface area contributed by atoms with Crippen molar-refractivity contribution >= 4 is 5.91 Å². The van der Waals surface area contributed by atoms with Gasteiger partial charge in [-0.3, -0.25) is 4.79 Å². The largest absolute Gasteiger partial charge is 0.337 e. The molecule has 19 heavy (non-hydrogen) atoms. The molecule has 0 radical (unpaired) electrons. The van der Waals surface area contributed by atoms with Gasteiger partial charge in [-0.1, -0.05) is 13.8 Å². The first-order chi connectivity index (χ1) is 9.08. The SMILES string of the molecule is CC(C)NCC1CCCN(C(=O)c2cncn2C)C1. The number of nitrogens with zero attached hydrogens (tertiary/aromatic N) is 3. The molecular weight excluding hydrogens is 240 g/mol. The van der Waals surface area contributed by atoms with Gasteiger partial charge in [0.2, 0.25) is 0 Å². The second kappa shape index (κ2) is 6.19. The number of nitrogens with one attached hydrogen (secondary N) is 1. The molecule has 1 unspecified atom stereocenters. The summed E-state index contributed by atoms with van der Waals surface area (Å²) in [5, 5.41) is 3.47. The predicted octanol–water partition coefficient (Wildman–Crippen LogP) is 1.27. The summed E-state index contributed by atoms with van der Waals surface area (Å²) < 4.78 is 1.79. The minimum atomic E-state index is 0.106. The molecule has 5 heteroatoms. The smallest absolute Gasteiger partial charge is 0.272 e. The first-order valence-electron chi connectivity index (χ1n) is 7.07. The number of piperidine rings is 1. The lowest BCUT2D eigenvalue weighted by atomic mass is 9.97. The van der Waals surface area contributed by atoms with Gasteiger partial charge in [0, 0.05) is 26.2 Å². The van der Waals surface area contributed by atoms with Crippen LogP contribution in [0.4, 0.5) is 0 Å². The van der Waals surface area contributed by atoms with E-state index < -0.39 is 0 Å². The van der Waals surface area contributed by atoms with Crippen LogP contribution in [0.2, 0.25) is 0 Å². The summed E-state index contributed by atoms with van der Waals surface area (Å²) in [5.41, 5.74) is 0.678. The molecule has 0 bridgehead atoms. The predicted molar refractivity (Wildman–Crippen MR) is 75.0 cm³/mol. The monoisotopic (exact) mass is 264 g/mol. The van der Waals surface area contributed by atoms with Crippen molar-refractivity contribution in [3.05, 3.63) is 18.2 Å². The van der Waals surface area contributed by atoms with Gasteiger partial charge in [0.05, 0.1) is 12.5 Å². The summed E-state index contributed by atoms with van der Waals surface area (Å²) in [6, 6.07) is 0.503. The van der Waals surface area contributed by atoms with Gasteiger partial charge in [0.15, 0.2) is 0 Å². The van der Waals surface area contributed by atoms with Gasteiger partial charge >= 0.3 is 0 Å². The molecule has 1 amide bonds. The van der Waals surface area contributed by atoms with Crippen molar-refractivity contribution in [2.24, 2.45) is 13.0 Å². The third-order valence-electron chi connectivity index (χ3n) is 3.66. The number of aryl methyl sites for hydroxylation is 1. The summed E-state index contributed by atoms with van der Waals surface area (Å²) in [6.07, 6.45) is 5.62. The number of likely N-dealkylation sites (tertiary alicyclic amines) is 1. The summed E-state index contributed by atoms with van der Waals surface area (Å²) in [7, 11) is 1.86. The second-order valence-corrected chi connectivity index (χ2v) is 5.71. The third kappa shape index (κ3) is 3.56. The highest BCUT2D eigenvalue weighted by atomic mass is 16.2. The van der Waals surface area contributed by atoms with Gasteiger partial charge < -0.3 is 14.8 Å². The standard InChI is InChI=1S/C14H24N4O/c1-11(2)16-7-12-5-4-6-18(9-12)14(19)13-8-15-10-17(13)3/h8,10-12,16H,4-7,9H2,1-3H3. The molecule has 0 aromatic carbocycles. The number of carbonyl (C=O) groups is 1. The maximum atomic E-state index is 12.4. The Balaban J connectivity index is 1.94. The molecule has 1 aliphatic rings. The summed E-state index contributed by atoms with van der Waals surface area (Å²) >= 11 is 0. The van der Waals surface area contributed by atoms with Crippen LogP contribution in [0.5, 0.6) is 0 Å². The Morgan fingerprint density at radius 3 is 3.00 bits per heavy atom. The number of carbonyl (C=O) groups excluding carboxylic acids is 1. The Bertz CT molecular complexity index is 427. The van der Waals surface area contributed by atoms with Crippen molar-refractivity contribution in [2.45, 2.75) is 32.7 Å². The van der Waals surface area contributed by atoms with Crippen LogP contribution in [0, 0.1) is 5.92 Å². The van der Waals surface area contributed by atoms with Crippen molar-refractivity contribution < 1.29 is 4.79 Å². The van der Waals surface area contributed by atoms with Gasteiger partial charge in [0.1, 0.15) is 5.69 Å². The molecule has 1 fully saturated rings. The van der Waals surface area contributed by atoms with Crippen molar-refractivity contribution in [2.75, 3.05) is 19.6 Å². The van der Waals surface area contributed by atoms with E-state index in [1.54, 1.807) is 17.1 Å². The molecule has 1 N–H and O–H groups in total. The second-order valence-electron chi connectivity index (χ2n) is 5.71. The highest BCUT2D eigenvalue weighted by Gasteiger charge is 2.25. The van der Waals surface area contributed by atoms with Gasteiger partial charge in [-0.2, -0.15) is 0 Å². The minimum absolute atomic E-state index is 0.106. The Morgan fingerprint density at radius 1 is 1.58 bits per heavy atom. The van der Waals surface area contributed by atoms with Crippen molar-refractivity contribution in [3.8, 4) is 0 Å². The normalized spacial score (nSPS) is 20.0. The van der Waals surface area contributed by atoms with Gasteiger partial charge in [-0.25, -0.2) is 4.98 Å². The molecule has 2 heterocycles. The van der Waals surface area contributed by atoms with Gasteiger partial charge in [-0.15, -0.1) is 0 Å². The van der Waals surface area contributed by atoms with Gasteiger partial charge in [0.25, 0.3) is 5.91 Å². The zero-order chi connectivity index (χ0) is 13.8. The van der Waals surface area contributed by atoms with E-state index in [1.165, 1.54) is 6.42 Å². The highest BCUT2D eigenvalue weighted by Crippen LogP contribution is 2.18. The lowest BCUT2D eigenvalue weighted by Crippen LogP contribution is -2.44. The average Bonchev–Trinajstić information content (AvgIpc) is 2.82. The summed E-state index contributed by atoms with van der Waals surface area (Å²) in [4.78, 5) is 18.4. The molecule has 1 saturated heterocycles. The third-order valence-corrected chi connectivity index (χ3v) is 3.66. The van der Waals surface area contributed by atoms with E-state index in [0.717, 1.165) is 26.1 Å². The first kappa shape index (κ1) is 14.1. The molecule has 0 aliphatic carbocycles. The first-order valence-corrected chi connectivity index (χ1v) is 7.07. The van der Waals surface area contributed by atoms with Crippen LogP contribution in [0.3, 0.4) is 0 Å². The lowest BCUT2D eigenvalue weighted by Gasteiger charge is -2.33. The van der Waals surface area contributed by atoms with Crippen molar-refractivity contribution in [3.63, 3.8) is 0 Å². The van der Waals surface area contributed by atoms with Crippen LogP contribution in [0.1, 0.15) is 37.2 Å². The van der Waals surface area contributed by atoms with Crippen LogP contribution in [-0.4, -0.2) is 46.0 Å². The number of hydrogen-bond donors (Lipinski definition) is 1. The van der Waals surface area contributed by atoms with Crippen LogP contribution >= 0.6 is 0 Å². The fourth-order valence-electron chi connectivity index (χ4n) is 2.54. The number of hydrogen-bond acceptors (Lipinski definition) is 3. The molecule has 106 valence electrons.